The number of carbonyl (C=O) groups excluding carboxylic acids is 5. The van der Waals surface area contributed by atoms with Gasteiger partial charge in [-0.25, -0.2) is 44.7 Å². The predicted molar refractivity (Wildman–Crippen MR) is 325 cm³/mol. The second kappa shape index (κ2) is 25.6. The lowest BCUT2D eigenvalue weighted by Gasteiger charge is -2.46. The van der Waals surface area contributed by atoms with Crippen LogP contribution in [0.5, 0.6) is 0 Å². The van der Waals surface area contributed by atoms with Gasteiger partial charge in [0.1, 0.15) is 24.6 Å². The van der Waals surface area contributed by atoms with Gasteiger partial charge in [0.2, 0.25) is 11.9 Å². The first-order valence-corrected chi connectivity index (χ1v) is 29.5. The number of aromatic nitrogens is 10. The Morgan fingerprint density at radius 3 is 1.52 bits per heavy atom. The van der Waals surface area contributed by atoms with Crippen molar-refractivity contribution in [1.29, 1.82) is 0 Å². The van der Waals surface area contributed by atoms with Gasteiger partial charge < -0.3 is 24.1 Å². The fourth-order valence-electron chi connectivity index (χ4n) is 11.4. The van der Waals surface area contributed by atoms with Crippen molar-refractivity contribution in [3.63, 3.8) is 0 Å². The number of thiophene rings is 3. The van der Waals surface area contributed by atoms with Gasteiger partial charge in [-0.05, 0) is 137 Å². The molecule has 10 heterocycles. The molecule has 8 aromatic heterocycles. The number of nitrogens with zero attached hydrogens (tertiary/aromatic N) is 11. The van der Waals surface area contributed by atoms with Crippen LogP contribution in [0, 0.1) is 10.8 Å². The van der Waals surface area contributed by atoms with Crippen LogP contribution in [0.25, 0.3) is 53.4 Å². The Kier molecular flexibility index (Phi) is 17.9. The summed E-state index contributed by atoms with van der Waals surface area (Å²) in [4.78, 5) is 95.0. The highest BCUT2D eigenvalue weighted by molar-refractivity contribution is 7.17. The number of hydrogen-bond donors (Lipinski definition) is 3. The van der Waals surface area contributed by atoms with Crippen molar-refractivity contribution in [1.82, 2.24) is 59.2 Å². The van der Waals surface area contributed by atoms with Crippen molar-refractivity contribution in [2.75, 3.05) is 36.8 Å². The lowest BCUT2D eigenvalue weighted by atomic mass is 9.65. The smallest absolute Gasteiger partial charge is 0.410 e. The number of likely N-dealkylation sites (tertiary alicyclic amines) is 1. The monoisotopic (exact) mass is 1200 g/mol. The summed E-state index contributed by atoms with van der Waals surface area (Å²) in [5.74, 6) is 0.855. The summed E-state index contributed by atoms with van der Waals surface area (Å²) < 4.78 is 9.99. The van der Waals surface area contributed by atoms with Gasteiger partial charge in [0.25, 0.3) is 11.8 Å². The van der Waals surface area contributed by atoms with Crippen molar-refractivity contribution in [2.45, 2.75) is 77.0 Å². The molecule has 3 N–H and O–H groups in total. The Balaban J connectivity index is 0.000000152. The number of hydrogen-bond acceptors (Lipinski definition) is 18. The highest BCUT2D eigenvalue weighted by Gasteiger charge is 2.52. The molecule has 84 heavy (non-hydrogen) atoms. The van der Waals surface area contributed by atoms with E-state index in [1.165, 1.54) is 53.0 Å². The van der Waals surface area contributed by atoms with E-state index in [-0.39, 0.29) is 47.9 Å². The molecule has 0 unspecified atom stereocenters. The topological polar surface area (TPSA) is 247 Å². The van der Waals surface area contributed by atoms with E-state index in [0.717, 1.165) is 93.7 Å². The minimum absolute atomic E-state index is 0. The molecule has 14 rings (SSSR count). The maximum absolute atomic E-state index is 13.3. The molecule has 4 aliphatic rings. The molecule has 10 aromatic rings. The molecule has 20 nitrogen and oxygen atoms in total. The minimum Gasteiger partial charge on any atom is -0.444 e. The molecule has 2 aromatic carbocycles. The molecule has 2 saturated heterocycles. The summed E-state index contributed by atoms with van der Waals surface area (Å²) in [7, 11) is 0. The summed E-state index contributed by atoms with van der Waals surface area (Å²) in [6, 6.07) is 28.2. The third-order valence-electron chi connectivity index (χ3n) is 15.2. The van der Waals surface area contributed by atoms with Crippen molar-refractivity contribution in [3.05, 3.63) is 156 Å². The summed E-state index contributed by atoms with van der Waals surface area (Å²) in [6.45, 7) is 9.29. The van der Waals surface area contributed by atoms with Gasteiger partial charge in [0.05, 0.1) is 31.8 Å². The van der Waals surface area contributed by atoms with Crippen LogP contribution in [0.4, 0.5) is 16.7 Å². The molecule has 2 saturated carbocycles. The fraction of sp³-hybridized carbons (Fsp3) is 0.300. The molecule has 0 bridgehead atoms. The lowest BCUT2D eigenvalue weighted by molar-refractivity contribution is -0.191. The molecular formula is C60H59ClN14O6S3. The van der Waals surface area contributed by atoms with Crippen LogP contribution in [0.15, 0.2) is 146 Å². The molecule has 4 fully saturated rings. The molecule has 2 aliphatic heterocycles. The summed E-state index contributed by atoms with van der Waals surface area (Å²) >= 11 is 4.53. The van der Waals surface area contributed by atoms with E-state index < -0.39 is 5.60 Å². The fourth-order valence-corrected chi connectivity index (χ4v) is 13.9. The molecular weight excluding hydrogens is 1140 g/mol. The van der Waals surface area contributed by atoms with Crippen molar-refractivity contribution >= 4 is 104 Å². The van der Waals surface area contributed by atoms with Crippen LogP contribution in [0.2, 0.25) is 0 Å². The molecule has 0 radical (unpaired) electrons. The number of carbonyl (C=O) groups is 3. The third-order valence-corrected chi connectivity index (χ3v) is 18.4. The number of rotatable bonds is 9. The number of para-hydroxylation sites is 4. The van der Waals surface area contributed by atoms with E-state index in [4.69, 9.17) is 24.3 Å². The lowest BCUT2D eigenvalue weighted by Crippen LogP contribution is -2.43. The maximum atomic E-state index is 13.3. The van der Waals surface area contributed by atoms with E-state index in [9.17, 15) is 14.4 Å². The van der Waals surface area contributed by atoms with Crippen LogP contribution in [-0.4, -0.2) is 110 Å². The van der Waals surface area contributed by atoms with E-state index in [0.29, 0.717) is 46.2 Å². The quantitative estimate of drug-likeness (QED) is 0.122. The zero-order chi connectivity index (χ0) is 57.6. The van der Waals surface area contributed by atoms with E-state index in [1.807, 2.05) is 116 Å². The first-order valence-electron chi connectivity index (χ1n) is 27.0. The third kappa shape index (κ3) is 13.2. The molecule has 24 heteroatoms. The minimum atomic E-state index is -0.504. The van der Waals surface area contributed by atoms with Gasteiger partial charge in [-0.2, -0.15) is 9.59 Å². The normalized spacial score (nSPS) is 19.2. The van der Waals surface area contributed by atoms with Crippen LogP contribution >= 0.6 is 46.4 Å². The van der Waals surface area contributed by atoms with Gasteiger partial charge in [-0.3, -0.25) is 20.2 Å². The number of benzene rings is 2. The second-order valence-corrected chi connectivity index (χ2v) is 25.1. The molecule has 2 aliphatic carbocycles. The van der Waals surface area contributed by atoms with Crippen LogP contribution in [0.3, 0.4) is 0 Å². The van der Waals surface area contributed by atoms with Gasteiger partial charge in [0.15, 0.2) is 0 Å². The summed E-state index contributed by atoms with van der Waals surface area (Å²) in [5.41, 5.74) is 6.69. The molecule has 430 valence electrons. The Morgan fingerprint density at radius 2 is 1.08 bits per heavy atom. The zero-order valence-electron chi connectivity index (χ0n) is 46.1. The van der Waals surface area contributed by atoms with Gasteiger partial charge in [0, 0.05) is 100 Å². The largest absolute Gasteiger partial charge is 0.444 e. The molecule has 0 atom stereocenters. The zero-order valence-corrected chi connectivity index (χ0v) is 49.3. The van der Waals surface area contributed by atoms with E-state index in [2.05, 4.69) is 67.1 Å². The van der Waals surface area contributed by atoms with Crippen LogP contribution in [-0.2, 0) is 14.3 Å². The number of ether oxygens (including phenoxy) is 1. The second-order valence-electron chi connectivity index (χ2n) is 22.0. The number of anilines is 2. The Morgan fingerprint density at radius 1 is 0.619 bits per heavy atom. The van der Waals surface area contributed by atoms with Crippen LogP contribution in [0.1, 0.15) is 90.7 Å². The molecule has 3 amide bonds. The maximum Gasteiger partial charge on any atom is 0.410 e. The highest BCUT2D eigenvalue weighted by Crippen LogP contribution is 2.56. The van der Waals surface area contributed by atoms with Crippen molar-refractivity contribution in [3.8, 4) is 31.3 Å². The van der Waals surface area contributed by atoms with Gasteiger partial charge in [-0.1, -0.05) is 30.3 Å². The average Bonchev–Trinajstić information content (AvgIpc) is 2.03. The van der Waals surface area contributed by atoms with Crippen molar-refractivity contribution in [2.24, 2.45) is 10.8 Å². The number of fused-ring (bicyclic) bond motifs is 2. The number of imidazole rings is 2. The number of amides is 3. The Labute approximate surface area is 501 Å². The average molecular weight is 1200 g/mol. The highest BCUT2D eigenvalue weighted by atomic mass is 35.5. The van der Waals surface area contributed by atoms with Crippen molar-refractivity contribution < 1.29 is 28.7 Å². The predicted octanol–water partition coefficient (Wildman–Crippen LogP) is 11.9. The van der Waals surface area contributed by atoms with Gasteiger partial charge >= 0.3 is 12.2 Å². The molecule has 2 spiro atoms. The Bertz CT molecular complexity index is 3900. The van der Waals surface area contributed by atoms with E-state index in [1.54, 1.807) is 36.1 Å². The van der Waals surface area contributed by atoms with Crippen LogP contribution < -0.4 is 16.0 Å². The first-order chi connectivity index (χ1) is 40.3. The standard InChI is InChI=1S/C28H30N6O3S.C23H22N6OS.C8H6N2S.CO2.ClH/c1-27(2,3)37-26(36)33-11-10-28(16-33)12-19(13-28)34-21-7-5-4-6-20(21)31-25(34)32-24(35)23-9-8-22(38-23)18-14-29-17-30-15-18;30-21(20-6-5-19(31-20)15-11-25-14-26-12-15)28-22-27-17-3-1-2-4-18(17)29(22)16-9-23(10-16)7-8-24-13-23;1-2-8(11-3-1)7-4-9-6-10-5-7;2-1-3;/h4-9,14-15,17,19H,10-13,16H2,1-3H3,(H,31,32,35);1-6,11-12,14,16,24H,7-10,13H2,(H,27,28,30);1-6H;;1H. The number of nitrogens with one attached hydrogen (secondary N) is 3. The SMILES string of the molecule is CC(C)(C)OC(=O)N1CCC2(CC(n3c(NC(=O)c4ccc(-c5cncnc5)s4)nc4ccccc43)C2)C1.Cl.O=C(Nc1nc2ccccc2n1C1CC2(CCNC2)C1)c1ccc(-c2cncnc2)s1.O=C=O.c1csc(-c2cncnc2)c1. The summed E-state index contributed by atoms with van der Waals surface area (Å²) in [5, 5.41) is 11.7. The van der Waals surface area contributed by atoms with Gasteiger partial charge in [-0.15, -0.1) is 46.4 Å². The number of halogens is 1. The summed E-state index contributed by atoms with van der Waals surface area (Å²) in [6.07, 6.45) is 21.4. The van der Waals surface area contributed by atoms with E-state index >= 15 is 0 Å². The Hall–Kier alpha value is -8.44. The first kappa shape index (κ1) is 58.7.